The van der Waals surface area contributed by atoms with Crippen molar-refractivity contribution in [3.8, 4) is 0 Å². The molecule has 0 radical (unpaired) electrons. The van der Waals surface area contributed by atoms with Gasteiger partial charge in [-0.1, -0.05) is 23.7 Å². The average Bonchev–Trinajstić information content (AvgIpc) is 3.14. The van der Waals surface area contributed by atoms with Crippen LogP contribution in [-0.2, 0) is 29.4 Å². The van der Waals surface area contributed by atoms with Crippen LogP contribution in [0.4, 0.5) is 0 Å². The number of hydrogen-bond donors (Lipinski definition) is 0. The third kappa shape index (κ3) is 1.85. The molecule has 1 aliphatic heterocycles. The topological polar surface area (TPSA) is 65.1 Å². The van der Waals surface area contributed by atoms with Crippen LogP contribution < -0.4 is 0 Å². The summed E-state index contributed by atoms with van der Waals surface area (Å²) in [5, 5.41) is 0.522. The van der Waals surface area contributed by atoms with Gasteiger partial charge in [-0.2, -0.15) is 0 Å². The number of carbonyl (C=O) groups is 2. The SMILES string of the molecule is COC(=O)[C@H]1O[C@]1(C(=O)OC)c1ccc(Cl)cc1. The molecular weight excluding hydrogens is 260 g/mol. The van der Waals surface area contributed by atoms with Gasteiger partial charge in [-0.15, -0.1) is 0 Å². The summed E-state index contributed by atoms with van der Waals surface area (Å²) in [4.78, 5) is 23.3. The summed E-state index contributed by atoms with van der Waals surface area (Å²) in [7, 11) is 2.46. The third-order valence-electron chi connectivity index (χ3n) is 2.79. The minimum absolute atomic E-state index is 0.508. The van der Waals surface area contributed by atoms with Crippen molar-refractivity contribution in [3.05, 3.63) is 34.9 Å². The van der Waals surface area contributed by atoms with Crippen LogP contribution in [0, 0.1) is 0 Å². The number of methoxy groups -OCH3 is 2. The molecule has 0 bridgehead atoms. The van der Waals surface area contributed by atoms with E-state index in [0.717, 1.165) is 0 Å². The lowest BCUT2D eigenvalue weighted by molar-refractivity contribution is -0.148. The number of ether oxygens (including phenoxy) is 3. The molecule has 1 heterocycles. The van der Waals surface area contributed by atoms with Crippen molar-refractivity contribution < 1.29 is 23.8 Å². The molecular formula is C12H11ClO5. The van der Waals surface area contributed by atoms with Crippen molar-refractivity contribution in [2.45, 2.75) is 11.7 Å². The number of epoxide rings is 1. The maximum atomic E-state index is 11.8. The van der Waals surface area contributed by atoms with E-state index >= 15 is 0 Å². The smallest absolute Gasteiger partial charge is 0.346 e. The molecule has 18 heavy (non-hydrogen) atoms. The first-order chi connectivity index (χ1) is 8.56. The molecule has 1 aromatic rings. The lowest BCUT2D eigenvalue weighted by Crippen LogP contribution is -2.30. The van der Waals surface area contributed by atoms with Crippen molar-refractivity contribution in [2.75, 3.05) is 14.2 Å². The van der Waals surface area contributed by atoms with Crippen LogP contribution in [0.25, 0.3) is 0 Å². The van der Waals surface area contributed by atoms with Crippen molar-refractivity contribution in [3.63, 3.8) is 0 Å². The Morgan fingerprint density at radius 3 is 2.33 bits per heavy atom. The van der Waals surface area contributed by atoms with Crippen molar-refractivity contribution in [2.24, 2.45) is 0 Å². The van der Waals surface area contributed by atoms with E-state index < -0.39 is 23.6 Å². The molecule has 0 N–H and O–H groups in total. The van der Waals surface area contributed by atoms with E-state index in [2.05, 4.69) is 9.47 Å². The minimum atomic E-state index is -1.41. The van der Waals surface area contributed by atoms with Crippen molar-refractivity contribution in [1.29, 1.82) is 0 Å². The lowest BCUT2D eigenvalue weighted by Gasteiger charge is -2.10. The summed E-state index contributed by atoms with van der Waals surface area (Å²) >= 11 is 5.77. The largest absolute Gasteiger partial charge is 0.467 e. The summed E-state index contributed by atoms with van der Waals surface area (Å²) < 4.78 is 14.5. The molecule has 0 spiro atoms. The van der Waals surface area contributed by atoms with Crippen LogP contribution in [-0.4, -0.2) is 32.3 Å². The van der Waals surface area contributed by atoms with Gasteiger partial charge in [0.25, 0.3) is 0 Å². The van der Waals surface area contributed by atoms with E-state index in [1.807, 2.05) is 0 Å². The molecule has 0 aliphatic carbocycles. The lowest BCUT2D eigenvalue weighted by atomic mass is 9.95. The van der Waals surface area contributed by atoms with E-state index in [-0.39, 0.29) is 0 Å². The van der Waals surface area contributed by atoms with Gasteiger partial charge in [0, 0.05) is 5.02 Å². The second-order valence-electron chi connectivity index (χ2n) is 3.76. The number of esters is 2. The summed E-state index contributed by atoms with van der Waals surface area (Å²) in [6.45, 7) is 0. The summed E-state index contributed by atoms with van der Waals surface area (Å²) in [5.41, 5.74) is -0.902. The molecule has 0 aromatic heterocycles. The molecule has 1 aromatic carbocycles. The molecule has 5 nitrogen and oxygen atoms in total. The highest BCUT2D eigenvalue weighted by Crippen LogP contribution is 2.48. The third-order valence-corrected chi connectivity index (χ3v) is 3.04. The fraction of sp³-hybridized carbons (Fsp3) is 0.333. The van der Waals surface area contributed by atoms with E-state index in [4.69, 9.17) is 16.3 Å². The van der Waals surface area contributed by atoms with Gasteiger partial charge in [0.2, 0.25) is 11.7 Å². The van der Waals surface area contributed by atoms with Gasteiger partial charge in [-0.25, -0.2) is 9.59 Å². The van der Waals surface area contributed by atoms with E-state index in [1.54, 1.807) is 24.3 Å². The molecule has 6 heteroatoms. The molecule has 96 valence electrons. The number of hydrogen-bond acceptors (Lipinski definition) is 5. The molecule has 2 rings (SSSR count). The predicted molar refractivity (Wildman–Crippen MR) is 62.0 cm³/mol. The first-order valence-electron chi connectivity index (χ1n) is 5.16. The summed E-state index contributed by atoms with van der Waals surface area (Å²) in [6, 6.07) is 6.44. The number of carbonyl (C=O) groups excluding carboxylic acids is 2. The van der Waals surface area contributed by atoms with Gasteiger partial charge in [-0.05, 0) is 17.7 Å². The van der Waals surface area contributed by atoms with Gasteiger partial charge in [0.15, 0.2) is 0 Å². The Morgan fingerprint density at radius 1 is 1.22 bits per heavy atom. The Bertz CT molecular complexity index is 484. The Kier molecular flexibility index (Phi) is 3.28. The molecule has 0 amide bonds. The first-order valence-corrected chi connectivity index (χ1v) is 5.54. The normalized spacial score (nSPS) is 25.4. The molecule has 1 fully saturated rings. The molecule has 0 unspecified atom stereocenters. The zero-order valence-electron chi connectivity index (χ0n) is 9.81. The molecule has 0 saturated carbocycles. The maximum Gasteiger partial charge on any atom is 0.346 e. The maximum absolute atomic E-state index is 11.8. The molecule has 1 saturated heterocycles. The van der Waals surface area contributed by atoms with Gasteiger partial charge in [-0.3, -0.25) is 0 Å². The van der Waals surface area contributed by atoms with Gasteiger partial charge >= 0.3 is 11.9 Å². The standard InChI is InChI=1S/C12H11ClO5/c1-16-10(14)9-12(18-9,11(15)17-2)7-3-5-8(13)6-4-7/h3-6,9H,1-2H3/t9-,12-/m1/s1. The van der Waals surface area contributed by atoms with Crippen LogP contribution in [0.1, 0.15) is 5.56 Å². The second kappa shape index (κ2) is 4.59. The Hall–Kier alpha value is -1.59. The highest BCUT2D eigenvalue weighted by Gasteiger charge is 2.69. The average molecular weight is 271 g/mol. The number of benzene rings is 1. The summed E-state index contributed by atoms with van der Waals surface area (Å²) in [6.07, 6.45) is -0.976. The van der Waals surface area contributed by atoms with E-state index in [1.165, 1.54) is 14.2 Å². The van der Waals surface area contributed by atoms with Crippen molar-refractivity contribution in [1.82, 2.24) is 0 Å². The van der Waals surface area contributed by atoms with Crippen LogP contribution in [0.15, 0.2) is 24.3 Å². The van der Waals surface area contributed by atoms with Crippen LogP contribution in [0.3, 0.4) is 0 Å². The highest BCUT2D eigenvalue weighted by molar-refractivity contribution is 6.30. The van der Waals surface area contributed by atoms with Crippen LogP contribution in [0.5, 0.6) is 0 Å². The Morgan fingerprint density at radius 2 is 1.83 bits per heavy atom. The molecule has 1 aliphatic rings. The fourth-order valence-electron chi connectivity index (χ4n) is 1.81. The monoisotopic (exact) mass is 270 g/mol. The predicted octanol–water partition coefficient (Wildman–Crippen LogP) is 1.28. The Labute approximate surface area is 109 Å². The van der Waals surface area contributed by atoms with Crippen LogP contribution in [0.2, 0.25) is 5.02 Å². The van der Waals surface area contributed by atoms with Gasteiger partial charge in [0.05, 0.1) is 14.2 Å². The highest BCUT2D eigenvalue weighted by atomic mass is 35.5. The van der Waals surface area contributed by atoms with Crippen molar-refractivity contribution >= 4 is 23.5 Å². The fourth-order valence-corrected chi connectivity index (χ4v) is 1.94. The second-order valence-corrected chi connectivity index (χ2v) is 4.19. The number of rotatable bonds is 3. The quantitative estimate of drug-likeness (QED) is 0.611. The summed E-state index contributed by atoms with van der Waals surface area (Å²) in [5.74, 6) is -1.25. The van der Waals surface area contributed by atoms with Crippen LogP contribution >= 0.6 is 11.6 Å². The van der Waals surface area contributed by atoms with E-state index in [0.29, 0.717) is 10.6 Å². The van der Waals surface area contributed by atoms with Gasteiger partial charge in [0.1, 0.15) is 0 Å². The minimum Gasteiger partial charge on any atom is -0.467 e. The zero-order chi connectivity index (χ0) is 13.3. The Balaban J connectivity index is 2.37. The van der Waals surface area contributed by atoms with Gasteiger partial charge < -0.3 is 14.2 Å². The first kappa shape index (κ1) is 12.9. The van der Waals surface area contributed by atoms with E-state index in [9.17, 15) is 9.59 Å². The number of halogens is 1. The molecule has 2 atom stereocenters. The zero-order valence-corrected chi connectivity index (χ0v) is 10.6.